The SMILES string of the molecule is CC(N)C(=O)N1CC(C)(C)C1(C)C. The second kappa shape index (κ2) is 2.71. The molecule has 0 saturated carbocycles. The summed E-state index contributed by atoms with van der Waals surface area (Å²) in [7, 11) is 0. The van der Waals surface area contributed by atoms with Gasteiger partial charge in [0.25, 0.3) is 0 Å². The highest BCUT2D eigenvalue weighted by Gasteiger charge is 2.54. The zero-order valence-corrected chi connectivity index (χ0v) is 9.22. The molecule has 1 saturated heterocycles. The van der Waals surface area contributed by atoms with Crippen LogP contribution in [0, 0.1) is 5.41 Å². The zero-order valence-electron chi connectivity index (χ0n) is 9.22. The Morgan fingerprint density at radius 1 is 1.38 bits per heavy atom. The van der Waals surface area contributed by atoms with Crippen molar-refractivity contribution < 1.29 is 4.79 Å². The van der Waals surface area contributed by atoms with Crippen LogP contribution in [0.5, 0.6) is 0 Å². The van der Waals surface area contributed by atoms with Crippen molar-refractivity contribution in [2.24, 2.45) is 11.1 Å². The maximum atomic E-state index is 11.6. The highest BCUT2D eigenvalue weighted by molar-refractivity contribution is 5.83. The van der Waals surface area contributed by atoms with Crippen molar-refractivity contribution in [1.82, 2.24) is 4.90 Å². The number of carbonyl (C=O) groups excluding carboxylic acids is 1. The van der Waals surface area contributed by atoms with Crippen molar-refractivity contribution in [2.45, 2.75) is 46.2 Å². The van der Waals surface area contributed by atoms with Crippen LogP contribution in [0.25, 0.3) is 0 Å². The first-order valence-electron chi connectivity index (χ1n) is 4.77. The molecule has 0 aromatic rings. The third-order valence-corrected chi connectivity index (χ3v) is 3.54. The number of nitrogens with two attached hydrogens (primary N) is 1. The van der Waals surface area contributed by atoms with Crippen LogP contribution in [0.3, 0.4) is 0 Å². The van der Waals surface area contributed by atoms with E-state index >= 15 is 0 Å². The Balaban J connectivity index is 2.75. The molecule has 0 radical (unpaired) electrons. The van der Waals surface area contributed by atoms with Gasteiger partial charge in [-0.2, -0.15) is 0 Å². The number of rotatable bonds is 1. The van der Waals surface area contributed by atoms with E-state index in [9.17, 15) is 4.79 Å². The van der Waals surface area contributed by atoms with Gasteiger partial charge in [0.05, 0.1) is 6.04 Å². The van der Waals surface area contributed by atoms with Gasteiger partial charge in [-0.25, -0.2) is 0 Å². The molecule has 0 aromatic carbocycles. The fraction of sp³-hybridized carbons (Fsp3) is 0.900. The predicted molar refractivity (Wildman–Crippen MR) is 53.2 cm³/mol. The van der Waals surface area contributed by atoms with E-state index in [0.29, 0.717) is 0 Å². The van der Waals surface area contributed by atoms with E-state index in [0.717, 1.165) is 6.54 Å². The van der Waals surface area contributed by atoms with Crippen LogP contribution in [0.4, 0.5) is 0 Å². The Kier molecular flexibility index (Phi) is 2.19. The Labute approximate surface area is 80.3 Å². The molecule has 3 nitrogen and oxygen atoms in total. The largest absolute Gasteiger partial charge is 0.335 e. The van der Waals surface area contributed by atoms with E-state index in [4.69, 9.17) is 5.73 Å². The molecule has 13 heavy (non-hydrogen) atoms. The fourth-order valence-corrected chi connectivity index (χ4v) is 1.66. The molecule has 1 aliphatic rings. The highest BCUT2D eigenvalue weighted by Crippen LogP contribution is 2.46. The van der Waals surface area contributed by atoms with Crippen molar-refractivity contribution >= 4 is 5.91 Å². The predicted octanol–water partition coefficient (Wildman–Crippen LogP) is 0.981. The number of carbonyl (C=O) groups is 1. The maximum Gasteiger partial charge on any atom is 0.239 e. The summed E-state index contributed by atoms with van der Waals surface area (Å²) in [5, 5.41) is 0. The third-order valence-electron chi connectivity index (χ3n) is 3.54. The molecular weight excluding hydrogens is 164 g/mol. The average Bonchev–Trinajstić information content (AvgIpc) is 1.98. The van der Waals surface area contributed by atoms with Crippen LogP contribution in [-0.4, -0.2) is 28.9 Å². The first-order chi connectivity index (χ1) is 5.70. The summed E-state index contributed by atoms with van der Waals surface area (Å²) >= 11 is 0. The minimum Gasteiger partial charge on any atom is -0.335 e. The lowest BCUT2D eigenvalue weighted by molar-refractivity contribution is -0.168. The molecule has 0 bridgehead atoms. The number of hydrogen-bond donors (Lipinski definition) is 1. The van der Waals surface area contributed by atoms with Gasteiger partial charge < -0.3 is 10.6 Å². The van der Waals surface area contributed by atoms with Gasteiger partial charge in [-0.1, -0.05) is 13.8 Å². The Morgan fingerprint density at radius 3 is 2.08 bits per heavy atom. The van der Waals surface area contributed by atoms with Gasteiger partial charge in [0.2, 0.25) is 5.91 Å². The quantitative estimate of drug-likeness (QED) is 0.660. The van der Waals surface area contributed by atoms with Crippen LogP contribution in [0.1, 0.15) is 34.6 Å². The number of likely N-dealkylation sites (tertiary alicyclic amines) is 1. The lowest BCUT2D eigenvalue weighted by atomic mass is 9.65. The smallest absolute Gasteiger partial charge is 0.239 e. The van der Waals surface area contributed by atoms with Gasteiger partial charge in [-0.3, -0.25) is 4.79 Å². The summed E-state index contributed by atoms with van der Waals surface area (Å²) in [4.78, 5) is 13.5. The minimum absolute atomic E-state index is 0.0578. The first-order valence-corrected chi connectivity index (χ1v) is 4.77. The van der Waals surface area contributed by atoms with Crippen molar-refractivity contribution in [3.05, 3.63) is 0 Å². The fourth-order valence-electron chi connectivity index (χ4n) is 1.66. The molecule has 1 aliphatic heterocycles. The van der Waals surface area contributed by atoms with Crippen LogP contribution >= 0.6 is 0 Å². The van der Waals surface area contributed by atoms with E-state index < -0.39 is 0 Å². The van der Waals surface area contributed by atoms with E-state index in [2.05, 4.69) is 27.7 Å². The summed E-state index contributed by atoms with van der Waals surface area (Å²) in [5.41, 5.74) is 5.71. The molecule has 2 N–H and O–H groups in total. The molecule has 3 heteroatoms. The Hall–Kier alpha value is -0.570. The minimum atomic E-state index is -0.379. The van der Waals surface area contributed by atoms with Crippen LogP contribution in [-0.2, 0) is 4.79 Å². The zero-order chi connectivity index (χ0) is 10.4. The van der Waals surface area contributed by atoms with Crippen molar-refractivity contribution in [1.29, 1.82) is 0 Å². The van der Waals surface area contributed by atoms with Gasteiger partial charge >= 0.3 is 0 Å². The highest BCUT2D eigenvalue weighted by atomic mass is 16.2. The molecular formula is C10H20N2O. The van der Waals surface area contributed by atoms with Gasteiger partial charge in [0, 0.05) is 17.5 Å². The molecule has 76 valence electrons. The summed E-state index contributed by atoms with van der Waals surface area (Å²) < 4.78 is 0. The number of hydrogen-bond acceptors (Lipinski definition) is 2. The van der Waals surface area contributed by atoms with E-state index in [-0.39, 0.29) is 22.9 Å². The number of nitrogens with zero attached hydrogens (tertiary/aromatic N) is 1. The van der Waals surface area contributed by atoms with Gasteiger partial charge in [0.15, 0.2) is 0 Å². The van der Waals surface area contributed by atoms with Crippen LogP contribution < -0.4 is 5.73 Å². The lowest BCUT2D eigenvalue weighted by Gasteiger charge is -2.61. The van der Waals surface area contributed by atoms with Crippen molar-refractivity contribution in [3.63, 3.8) is 0 Å². The lowest BCUT2D eigenvalue weighted by Crippen LogP contribution is -2.72. The molecule has 0 aliphatic carbocycles. The Bertz CT molecular complexity index is 231. The van der Waals surface area contributed by atoms with Crippen LogP contribution in [0.2, 0.25) is 0 Å². The van der Waals surface area contributed by atoms with Gasteiger partial charge in [-0.15, -0.1) is 0 Å². The third kappa shape index (κ3) is 1.35. The molecule has 1 rings (SSSR count). The van der Waals surface area contributed by atoms with Crippen molar-refractivity contribution in [3.8, 4) is 0 Å². The standard InChI is InChI=1S/C10H20N2O/c1-7(11)8(13)12-6-9(2,3)10(12,4)5/h7H,6,11H2,1-5H3. The average molecular weight is 184 g/mol. The summed E-state index contributed by atoms with van der Waals surface area (Å²) in [6.45, 7) is 11.1. The molecule has 0 spiro atoms. The second-order valence-corrected chi connectivity index (χ2v) is 5.16. The molecule has 1 fully saturated rings. The van der Waals surface area contributed by atoms with Gasteiger partial charge in [0.1, 0.15) is 0 Å². The number of amides is 1. The molecule has 1 heterocycles. The maximum absolute atomic E-state index is 11.6. The summed E-state index contributed by atoms with van der Waals surface area (Å²) in [5.74, 6) is 0.0596. The summed E-state index contributed by atoms with van der Waals surface area (Å²) in [6, 6.07) is -0.379. The first kappa shape index (κ1) is 10.5. The molecule has 1 amide bonds. The van der Waals surface area contributed by atoms with Crippen LogP contribution in [0.15, 0.2) is 0 Å². The normalized spacial score (nSPS) is 26.5. The van der Waals surface area contributed by atoms with E-state index in [1.165, 1.54) is 0 Å². The Morgan fingerprint density at radius 2 is 1.85 bits per heavy atom. The summed E-state index contributed by atoms with van der Waals surface area (Å²) in [6.07, 6.45) is 0. The molecule has 1 atom stereocenters. The monoisotopic (exact) mass is 184 g/mol. The molecule has 1 unspecified atom stereocenters. The van der Waals surface area contributed by atoms with E-state index in [1.807, 2.05) is 4.90 Å². The van der Waals surface area contributed by atoms with Crippen molar-refractivity contribution in [2.75, 3.05) is 6.54 Å². The second-order valence-electron chi connectivity index (χ2n) is 5.16. The molecule has 0 aromatic heterocycles. The topological polar surface area (TPSA) is 46.3 Å². The van der Waals surface area contributed by atoms with E-state index in [1.54, 1.807) is 6.92 Å². The van der Waals surface area contributed by atoms with Gasteiger partial charge in [-0.05, 0) is 20.8 Å².